The molecule has 0 fully saturated rings. The molecule has 0 aliphatic rings. The summed E-state index contributed by atoms with van der Waals surface area (Å²) in [6.07, 6.45) is 3.47. The number of benzene rings is 1. The lowest BCUT2D eigenvalue weighted by atomic mass is 10.1. The third-order valence-electron chi connectivity index (χ3n) is 3.22. The highest BCUT2D eigenvalue weighted by molar-refractivity contribution is 5.92. The number of H-pyrrole nitrogens is 1. The SMILES string of the molecule is CC(=O)NCCCNC(=O)/C=C/c1cc2ccccc2[nH]c1=O. The van der Waals surface area contributed by atoms with Crippen LogP contribution in [-0.2, 0) is 9.59 Å². The Bertz CT molecular complexity index is 793. The van der Waals surface area contributed by atoms with Gasteiger partial charge in [-0.2, -0.15) is 0 Å². The molecule has 0 spiro atoms. The van der Waals surface area contributed by atoms with E-state index in [2.05, 4.69) is 15.6 Å². The lowest BCUT2D eigenvalue weighted by Gasteiger charge is -2.03. The predicted molar refractivity (Wildman–Crippen MR) is 89.9 cm³/mol. The fraction of sp³-hybridized carbons (Fsp3) is 0.235. The van der Waals surface area contributed by atoms with Gasteiger partial charge in [-0.1, -0.05) is 18.2 Å². The van der Waals surface area contributed by atoms with Crippen LogP contribution in [0.4, 0.5) is 0 Å². The minimum atomic E-state index is -0.277. The minimum absolute atomic E-state index is 0.0910. The predicted octanol–water partition coefficient (Wildman–Crippen LogP) is 1.18. The van der Waals surface area contributed by atoms with Crippen LogP contribution in [0.2, 0.25) is 0 Å². The molecule has 23 heavy (non-hydrogen) atoms. The molecule has 120 valence electrons. The first kappa shape index (κ1) is 16.5. The first-order valence-corrected chi connectivity index (χ1v) is 7.38. The van der Waals surface area contributed by atoms with Crippen LogP contribution in [0.25, 0.3) is 17.0 Å². The fourth-order valence-electron chi connectivity index (χ4n) is 2.08. The van der Waals surface area contributed by atoms with E-state index in [1.54, 1.807) is 6.07 Å². The Morgan fingerprint density at radius 1 is 1.17 bits per heavy atom. The van der Waals surface area contributed by atoms with E-state index in [0.29, 0.717) is 25.1 Å². The van der Waals surface area contributed by atoms with E-state index in [1.807, 2.05) is 24.3 Å². The van der Waals surface area contributed by atoms with Crippen molar-refractivity contribution in [3.05, 3.63) is 52.3 Å². The molecule has 2 aromatic rings. The molecule has 0 saturated heterocycles. The van der Waals surface area contributed by atoms with Gasteiger partial charge in [0.1, 0.15) is 0 Å². The summed E-state index contributed by atoms with van der Waals surface area (Å²) in [5, 5.41) is 6.25. The Kier molecular flexibility index (Phi) is 5.68. The maximum absolute atomic E-state index is 11.9. The molecule has 0 unspecified atom stereocenters. The van der Waals surface area contributed by atoms with Gasteiger partial charge in [0.15, 0.2) is 0 Å². The summed E-state index contributed by atoms with van der Waals surface area (Å²) < 4.78 is 0. The van der Waals surface area contributed by atoms with Crippen molar-refractivity contribution in [2.45, 2.75) is 13.3 Å². The number of nitrogens with one attached hydrogen (secondary N) is 3. The van der Waals surface area contributed by atoms with Crippen LogP contribution in [0.3, 0.4) is 0 Å². The maximum Gasteiger partial charge on any atom is 0.255 e. The van der Waals surface area contributed by atoms with Gasteiger partial charge in [0.05, 0.1) is 0 Å². The third kappa shape index (κ3) is 5.10. The topological polar surface area (TPSA) is 91.1 Å². The number of hydrogen-bond donors (Lipinski definition) is 3. The van der Waals surface area contributed by atoms with E-state index in [4.69, 9.17) is 0 Å². The van der Waals surface area contributed by atoms with Crippen molar-refractivity contribution in [2.24, 2.45) is 0 Å². The second-order valence-electron chi connectivity index (χ2n) is 5.10. The van der Waals surface area contributed by atoms with Gasteiger partial charge in [-0.05, 0) is 30.0 Å². The van der Waals surface area contributed by atoms with Crippen molar-refractivity contribution < 1.29 is 9.59 Å². The molecule has 0 bridgehead atoms. The monoisotopic (exact) mass is 313 g/mol. The fourth-order valence-corrected chi connectivity index (χ4v) is 2.08. The summed E-state index contributed by atoms with van der Waals surface area (Å²) in [4.78, 5) is 37.1. The number of para-hydroxylation sites is 1. The summed E-state index contributed by atoms with van der Waals surface area (Å²) in [6.45, 7) is 2.42. The summed E-state index contributed by atoms with van der Waals surface area (Å²) >= 11 is 0. The zero-order valence-corrected chi connectivity index (χ0v) is 12.9. The van der Waals surface area contributed by atoms with Gasteiger partial charge in [-0.3, -0.25) is 14.4 Å². The molecule has 1 aromatic heterocycles. The quantitative estimate of drug-likeness (QED) is 0.552. The number of hydrogen-bond acceptors (Lipinski definition) is 3. The molecule has 3 N–H and O–H groups in total. The highest BCUT2D eigenvalue weighted by Gasteiger charge is 2.01. The van der Waals surface area contributed by atoms with E-state index >= 15 is 0 Å². The van der Waals surface area contributed by atoms with E-state index in [0.717, 1.165) is 10.9 Å². The van der Waals surface area contributed by atoms with E-state index in [-0.39, 0.29) is 17.4 Å². The van der Waals surface area contributed by atoms with Crippen molar-refractivity contribution in [3.63, 3.8) is 0 Å². The van der Waals surface area contributed by atoms with Crippen molar-refractivity contribution in [3.8, 4) is 0 Å². The largest absolute Gasteiger partial charge is 0.356 e. The Labute approximate surface area is 133 Å². The van der Waals surface area contributed by atoms with Crippen LogP contribution in [-0.4, -0.2) is 29.9 Å². The van der Waals surface area contributed by atoms with Gasteiger partial charge < -0.3 is 15.6 Å². The molecule has 6 nitrogen and oxygen atoms in total. The highest BCUT2D eigenvalue weighted by atomic mass is 16.2. The van der Waals surface area contributed by atoms with E-state index in [1.165, 1.54) is 19.1 Å². The lowest BCUT2D eigenvalue weighted by Crippen LogP contribution is -2.27. The highest BCUT2D eigenvalue weighted by Crippen LogP contribution is 2.10. The average molecular weight is 313 g/mol. The molecule has 1 heterocycles. The number of amides is 2. The Morgan fingerprint density at radius 3 is 2.70 bits per heavy atom. The van der Waals surface area contributed by atoms with Crippen LogP contribution in [0.15, 0.2) is 41.2 Å². The molecule has 2 amide bonds. The van der Waals surface area contributed by atoms with Gasteiger partial charge in [0.2, 0.25) is 11.8 Å². The third-order valence-corrected chi connectivity index (χ3v) is 3.22. The second-order valence-corrected chi connectivity index (χ2v) is 5.10. The lowest BCUT2D eigenvalue weighted by molar-refractivity contribution is -0.119. The summed E-state index contributed by atoms with van der Waals surface area (Å²) in [6, 6.07) is 9.20. The van der Waals surface area contributed by atoms with Crippen LogP contribution in [0.5, 0.6) is 0 Å². The number of carbonyl (C=O) groups is 2. The maximum atomic E-state index is 11.9. The van der Waals surface area contributed by atoms with Gasteiger partial charge in [-0.15, -0.1) is 0 Å². The summed E-state index contributed by atoms with van der Waals surface area (Å²) in [5.41, 5.74) is 0.951. The Hall–Kier alpha value is -2.89. The van der Waals surface area contributed by atoms with Gasteiger partial charge in [0, 0.05) is 37.2 Å². The first-order chi connectivity index (χ1) is 11.1. The average Bonchev–Trinajstić information content (AvgIpc) is 2.52. The molecular formula is C17H19N3O3. The molecule has 0 aliphatic heterocycles. The van der Waals surface area contributed by atoms with Gasteiger partial charge >= 0.3 is 0 Å². The van der Waals surface area contributed by atoms with E-state index in [9.17, 15) is 14.4 Å². The minimum Gasteiger partial charge on any atom is -0.356 e. The standard InChI is InChI=1S/C17H19N3O3/c1-12(21)18-9-4-10-19-16(22)8-7-14-11-13-5-2-3-6-15(13)20-17(14)23/h2-3,5-8,11H,4,9-10H2,1H3,(H,18,21)(H,19,22)(H,20,23)/b8-7+. The zero-order chi connectivity index (χ0) is 16.7. The van der Waals surface area contributed by atoms with Crippen LogP contribution < -0.4 is 16.2 Å². The normalized spacial score (nSPS) is 10.8. The number of aromatic amines is 1. The van der Waals surface area contributed by atoms with Crippen molar-refractivity contribution in [2.75, 3.05) is 13.1 Å². The van der Waals surface area contributed by atoms with Crippen LogP contribution >= 0.6 is 0 Å². The first-order valence-electron chi connectivity index (χ1n) is 7.38. The van der Waals surface area contributed by atoms with Crippen LogP contribution in [0.1, 0.15) is 18.9 Å². The molecule has 2 rings (SSSR count). The Morgan fingerprint density at radius 2 is 1.91 bits per heavy atom. The second kappa shape index (κ2) is 7.93. The molecule has 0 atom stereocenters. The summed E-state index contributed by atoms with van der Waals surface area (Å²) in [5.74, 6) is -0.368. The van der Waals surface area contributed by atoms with Crippen LogP contribution in [0, 0.1) is 0 Å². The number of fused-ring (bicyclic) bond motifs is 1. The van der Waals surface area contributed by atoms with Gasteiger partial charge in [0.25, 0.3) is 5.56 Å². The smallest absolute Gasteiger partial charge is 0.255 e. The number of aromatic nitrogens is 1. The van der Waals surface area contributed by atoms with E-state index < -0.39 is 0 Å². The molecular weight excluding hydrogens is 294 g/mol. The van der Waals surface area contributed by atoms with Crippen molar-refractivity contribution >= 4 is 28.8 Å². The number of carbonyl (C=O) groups excluding carboxylic acids is 2. The Balaban J connectivity index is 1.92. The zero-order valence-electron chi connectivity index (χ0n) is 12.9. The molecule has 0 saturated carbocycles. The molecule has 0 radical (unpaired) electrons. The molecule has 6 heteroatoms. The van der Waals surface area contributed by atoms with Crippen molar-refractivity contribution in [1.29, 1.82) is 0 Å². The number of rotatable bonds is 6. The summed E-state index contributed by atoms with van der Waals surface area (Å²) in [7, 11) is 0. The van der Waals surface area contributed by atoms with Gasteiger partial charge in [-0.25, -0.2) is 0 Å². The molecule has 1 aromatic carbocycles. The molecule has 0 aliphatic carbocycles. The van der Waals surface area contributed by atoms with Crippen molar-refractivity contribution in [1.82, 2.24) is 15.6 Å². The number of pyridine rings is 1.